The maximum absolute atomic E-state index is 12.5. The molecule has 0 bridgehead atoms. The van der Waals surface area contributed by atoms with Crippen molar-refractivity contribution in [3.8, 4) is 0 Å². The van der Waals surface area contributed by atoms with Crippen LogP contribution in [0.3, 0.4) is 0 Å². The summed E-state index contributed by atoms with van der Waals surface area (Å²) < 4.78 is 14.2. The number of fused-ring (bicyclic) bond motifs is 1. The Bertz CT molecular complexity index is 353. The Labute approximate surface area is 56.9 Å². The monoisotopic (exact) mass is 136 g/mol. The molecule has 0 radical (unpaired) electrons. The molecule has 0 saturated carbocycles. The Kier molecular flexibility index (Phi) is 0.974. The van der Waals surface area contributed by atoms with Gasteiger partial charge in [-0.15, -0.1) is 0 Å². The Morgan fingerprint density at radius 3 is 3.20 bits per heavy atom. The van der Waals surface area contributed by atoms with Gasteiger partial charge in [0.1, 0.15) is 11.5 Å². The van der Waals surface area contributed by atoms with Crippen molar-refractivity contribution < 1.29 is 4.39 Å². The minimum absolute atomic E-state index is 0.251. The third-order valence-corrected chi connectivity index (χ3v) is 1.36. The number of hydrogen-bond acceptors (Lipinski definition) is 1. The lowest BCUT2D eigenvalue weighted by atomic mass is 10.4. The van der Waals surface area contributed by atoms with E-state index in [9.17, 15) is 4.39 Å². The molecular formula is C7H5FN2. The minimum Gasteiger partial charge on any atom is -0.307 e. The molecule has 0 aliphatic carbocycles. The average molecular weight is 136 g/mol. The van der Waals surface area contributed by atoms with Gasteiger partial charge in [0, 0.05) is 24.7 Å². The number of pyridine rings is 1. The van der Waals surface area contributed by atoms with Crippen molar-refractivity contribution in [1.29, 1.82) is 0 Å². The number of rotatable bonds is 0. The molecule has 2 heterocycles. The topological polar surface area (TPSA) is 17.3 Å². The largest absolute Gasteiger partial charge is 0.307 e. The molecule has 0 spiro atoms. The van der Waals surface area contributed by atoms with Crippen molar-refractivity contribution in [3.63, 3.8) is 0 Å². The quantitative estimate of drug-likeness (QED) is 0.536. The van der Waals surface area contributed by atoms with E-state index >= 15 is 0 Å². The first kappa shape index (κ1) is 5.41. The molecular weight excluding hydrogens is 131 g/mol. The lowest BCUT2D eigenvalue weighted by molar-refractivity contribution is 0.626. The molecule has 0 atom stereocenters. The molecule has 0 aliphatic rings. The van der Waals surface area contributed by atoms with E-state index in [2.05, 4.69) is 4.98 Å². The van der Waals surface area contributed by atoms with E-state index in [1.165, 1.54) is 12.1 Å². The van der Waals surface area contributed by atoms with Gasteiger partial charge < -0.3 is 4.40 Å². The van der Waals surface area contributed by atoms with Gasteiger partial charge in [0.05, 0.1) is 0 Å². The van der Waals surface area contributed by atoms with E-state index in [0.29, 0.717) is 5.65 Å². The standard InChI is InChI=1S/C7H5FN2/c8-6-1-3-10-4-2-9-7(10)5-6/h1-5H. The Hall–Kier alpha value is -1.38. The number of hydrogen-bond donors (Lipinski definition) is 0. The molecule has 2 rings (SSSR count). The van der Waals surface area contributed by atoms with E-state index in [4.69, 9.17) is 0 Å². The maximum atomic E-state index is 12.5. The molecule has 2 aromatic rings. The summed E-state index contributed by atoms with van der Waals surface area (Å²) in [6.07, 6.45) is 5.04. The molecule has 50 valence electrons. The van der Waals surface area contributed by atoms with Crippen LogP contribution in [-0.4, -0.2) is 9.38 Å². The Morgan fingerprint density at radius 1 is 1.40 bits per heavy atom. The summed E-state index contributed by atoms with van der Waals surface area (Å²) in [7, 11) is 0. The molecule has 0 amide bonds. The highest BCUT2D eigenvalue weighted by molar-refractivity contribution is 5.37. The van der Waals surface area contributed by atoms with Crippen molar-refractivity contribution in [3.05, 3.63) is 36.5 Å². The fourth-order valence-corrected chi connectivity index (χ4v) is 0.885. The van der Waals surface area contributed by atoms with Crippen molar-refractivity contribution in [2.24, 2.45) is 0 Å². The Morgan fingerprint density at radius 2 is 2.30 bits per heavy atom. The molecule has 0 fully saturated rings. The molecule has 0 saturated heterocycles. The third-order valence-electron chi connectivity index (χ3n) is 1.36. The normalized spacial score (nSPS) is 10.5. The van der Waals surface area contributed by atoms with Gasteiger partial charge in [0.2, 0.25) is 0 Å². The third kappa shape index (κ3) is 0.673. The number of halogens is 1. The summed E-state index contributed by atoms with van der Waals surface area (Å²) in [5.74, 6) is -0.251. The van der Waals surface area contributed by atoms with E-state index in [0.717, 1.165) is 0 Å². The zero-order chi connectivity index (χ0) is 6.97. The molecule has 10 heavy (non-hydrogen) atoms. The zero-order valence-electron chi connectivity index (χ0n) is 5.16. The Balaban J connectivity index is 2.86. The first-order valence-corrected chi connectivity index (χ1v) is 2.94. The van der Waals surface area contributed by atoms with Crippen LogP contribution in [-0.2, 0) is 0 Å². The van der Waals surface area contributed by atoms with Gasteiger partial charge in [-0.05, 0) is 6.07 Å². The SMILES string of the molecule is Fc1ccn2ccnc2c1. The lowest BCUT2D eigenvalue weighted by Crippen LogP contribution is -1.82. The van der Waals surface area contributed by atoms with Crippen LogP contribution in [0.25, 0.3) is 5.65 Å². The molecule has 0 aliphatic heterocycles. The lowest BCUT2D eigenvalue weighted by Gasteiger charge is -1.90. The fourth-order valence-electron chi connectivity index (χ4n) is 0.885. The number of aromatic nitrogens is 2. The van der Waals surface area contributed by atoms with E-state index < -0.39 is 0 Å². The molecule has 2 aromatic heterocycles. The molecule has 0 unspecified atom stereocenters. The van der Waals surface area contributed by atoms with Crippen LogP contribution in [0, 0.1) is 5.82 Å². The summed E-state index contributed by atoms with van der Waals surface area (Å²) >= 11 is 0. The highest BCUT2D eigenvalue weighted by Crippen LogP contribution is 2.02. The predicted molar refractivity (Wildman–Crippen MR) is 35.2 cm³/mol. The van der Waals surface area contributed by atoms with Crippen molar-refractivity contribution in [2.45, 2.75) is 0 Å². The first-order valence-electron chi connectivity index (χ1n) is 2.94. The molecule has 0 aromatic carbocycles. The van der Waals surface area contributed by atoms with Gasteiger partial charge >= 0.3 is 0 Å². The van der Waals surface area contributed by atoms with Crippen molar-refractivity contribution in [1.82, 2.24) is 9.38 Å². The van der Waals surface area contributed by atoms with E-state index in [1.54, 1.807) is 23.0 Å². The predicted octanol–water partition coefficient (Wildman–Crippen LogP) is 1.47. The van der Waals surface area contributed by atoms with Crippen LogP contribution < -0.4 is 0 Å². The fraction of sp³-hybridized carbons (Fsp3) is 0. The number of imidazole rings is 1. The van der Waals surface area contributed by atoms with Crippen LogP contribution in [0.2, 0.25) is 0 Å². The molecule has 0 N–H and O–H groups in total. The zero-order valence-corrected chi connectivity index (χ0v) is 5.16. The van der Waals surface area contributed by atoms with Crippen LogP contribution in [0.1, 0.15) is 0 Å². The molecule has 3 heteroatoms. The van der Waals surface area contributed by atoms with Crippen LogP contribution in [0.5, 0.6) is 0 Å². The first-order chi connectivity index (χ1) is 4.86. The van der Waals surface area contributed by atoms with E-state index in [1.807, 2.05) is 0 Å². The summed E-state index contributed by atoms with van der Waals surface area (Å²) in [6.45, 7) is 0. The van der Waals surface area contributed by atoms with Gasteiger partial charge in [-0.1, -0.05) is 0 Å². The second-order valence-electron chi connectivity index (χ2n) is 2.04. The smallest absolute Gasteiger partial charge is 0.139 e. The van der Waals surface area contributed by atoms with Crippen molar-refractivity contribution in [2.75, 3.05) is 0 Å². The second kappa shape index (κ2) is 1.80. The van der Waals surface area contributed by atoms with Gasteiger partial charge in [0.25, 0.3) is 0 Å². The minimum atomic E-state index is -0.251. The molecule has 2 nitrogen and oxygen atoms in total. The second-order valence-corrected chi connectivity index (χ2v) is 2.04. The highest BCUT2D eigenvalue weighted by Gasteiger charge is 1.92. The van der Waals surface area contributed by atoms with Gasteiger partial charge in [-0.2, -0.15) is 0 Å². The van der Waals surface area contributed by atoms with Gasteiger partial charge in [0.15, 0.2) is 0 Å². The maximum Gasteiger partial charge on any atom is 0.139 e. The van der Waals surface area contributed by atoms with Crippen LogP contribution in [0.4, 0.5) is 4.39 Å². The van der Waals surface area contributed by atoms with Crippen LogP contribution >= 0.6 is 0 Å². The van der Waals surface area contributed by atoms with Crippen LogP contribution in [0.15, 0.2) is 30.7 Å². The highest BCUT2D eigenvalue weighted by atomic mass is 19.1. The van der Waals surface area contributed by atoms with E-state index in [-0.39, 0.29) is 5.82 Å². The summed E-state index contributed by atoms with van der Waals surface area (Å²) in [5, 5.41) is 0. The average Bonchev–Trinajstić information content (AvgIpc) is 2.33. The van der Waals surface area contributed by atoms with Crippen molar-refractivity contribution >= 4 is 5.65 Å². The van der Waals surface area contributed by atoms with Gasteiger partial charge in [-0.3, -0.25) is 0 Å². The summed E-state index contributed by atoms with van der Waals surface area (Å²) in [5.41, 5.74) is 0.639. The van der Waals surface area contributed by atoms with Gasteiger partial charge in [-0.25, -0.2) is 9.37 Å². The summed E-state index contributed by atoms with van der Waals surface area (Å²) in [6, 6.07) is 2.79. The number of nitrogens with zero attached hydrogens (tertiary/aromatic N) is 2. The summed E-state index contributed by atoms with van der Waals surface area (Å²) in [4.78, 5) is 3.90.